The van der Waals surface area contributed by atoms with Gasteiger partial charge in [0.2, 0.25) is 0 Å². The predicted molar refractivity (Wildman–Crippen MR) is 211 cm³/mol. The number of aryl methyl sites for hydroxylation is 1. The molecule has 5 heterocycles. The Morgan fingerprint density at radius 3 is 1.76 bits per heavy atom. The molecular formula is C46H45BN2O2. The molecule has 4 nitrogen and oxygen atoms in total. The minimum Gasteiger partial charge on any atom is -0.460 e. The van der Waals surface area contributed by atoms with Crippen LogP contribution in [0.2, 0.25) is 0 Å². The molecule has 3 aliphatic heterocycles. The first-order valence-corrected chi connectivity index (χ1v) is 19.0. The second-order valence-electron chi connectivity index (χ2n) is 18.4. The second kappa shape index (κ2) is 9.23. The summed E-state index contributed by atoms with van der Waals surface area (Å²) in [4.78, 5) is 5.01. The van der Waals surface area contributed by atoms with E-state index in [1.165, 1.54) is 72.5 Å². The summed E-state index contributed by atoms with van der Waals surface area (Å²) in [6.45, 7) is 19.2. The van der Waals surface area contributed by atoms with E-state index in [9.17, 15) is 0 Å². The van der Waals surface area contributed by atoms with Crippen LogP contribution in [0.5, 0.6) is 0 Å². The zero-order valence-corrected chi connectivity index (χ0v) is 31.1. The Kier molecular flexibility index (Phi) is 5.43. The molecule has 1 atom stereocenters. The molecule has 4 aromatic carbocycles. The van der Waals surface area contributed by atoms with Crippen molar-refractivity contribution < 1.29 is 8.83 Å². The third-order valence-electron chi connectivity index (χ3n) is 13.7. The van der Waals surface area contributed by atoms with Gasteiger partial charge in [-0.3, -0.25) is 4.90 Å². The highest BCUT2D eigenvalue weighted by Gasteiger charge is 2.60. The van der Waals surface area contributed by atoms with Crippen LogP contribution < -0.4 is 26.2 Å². The standard InChI is InChI=1S/C46H45BN2O2/c1-26-23-30-36-31(24-26)49(28-17-13-10-14-18-28)42-38-35-41(51-42)45(6,7)21-22-46(35,8)34-37(47(36)38)32(48(30)27-15-11-9-12-16-27)25-29-33-40(50-39(29)34)44(4,5)20-19-43(33,2)3/h9-18,23-25H,19-22H2,1-8H3. The van der Waals surface area contributed by atoms with Gasteiger partial charge in [-0.05, 0) is 102 Å². The van der Waals surface area contributed by atoms with Gasteiger partial charge in [0, 0.05) is 66.8 Å². The van der Waals surface area contributed by atoms with Crippen LogP contribution in [-0.2, 0) is 21.7 Å². The van der Waals surface area contributed by atoms with Gasteiger partial charge in [-0.1, -0.05) is 84.9 Å². The van der Waals surface area contributed by atoms with Crippen LogP contribution in [-0.4, -0.2) is 6.71 Å². The fourth-order valence-corrected chi connectivity index (χ4v) is 11.0. The van der Waals surface area contributed by atoms with E-state index in [-0.39, 0.29) is 28.4 Å². The number of para-hydroxylation sites is 2. The Morgan fingerprint density at radius 2 is 1.10 bits per heavy atom. The van der Waals surface area contributed by atoms with Crippen molar-refractivity contribution in [3.63, 3.8) is 0 Å². The highest BCUT2D eigenvalue weighted by molar-refractivity contribution is 7.01. The molecule has 5 heteroatoms. The normalized spacial score (nSPS) is 22.2. The lowest BCUT2D eigenvalue weighted by atomic mass is 9.28. The number of nitrogens with zero attached hydrogens (tertiary/aromatic N) is 2. The van der Waals surface area contributed by atoms with E-state index in [0.717, 1.165) is 48.6 Å². The highest BCUT2D eigenvalue weighted by atomic mass is 16.4. The van der Waals surface area contributed by atoms with Gasteiger partial charge in [0.15, 0.2) is 5.88 Å². The third-order valence-corrected chi connectivity index (χ3v) is 13.7. The number of rotatable bonds is 2. The van der Waals surface area contributed by atoms with Crippen LogP contribution in [0.1, 0.15) is 108 Å². The molecule has 0 radical (unpaired) electrons. The summed E-state index contributed by atoms with van der Waals surface area (Å²) in [7, 11) is 0. The quantitative estimate of drug-likeness (QED) is 0.172. The summed E-state index contributed by atoms with van der Waals surface area (Å²) >= 11 is 0. The van der Waals surface area contributed by atoms with Gasteiger partial charge in [0.25, 0.3) is 6.71 Å². The second-order valence-corrected chi connectivity index (χ2v) is 18.4. The molecule has 0 amide bonds. The average molecular weight is 669 g/mol. The smallest absolute Gasteiger partial charge is 0.257 e. The molecule has 1 unspecified atom stereocenters. The van der Waals surface area contributed by atoms with Crippen molar-refractivity contribution in [3.05, 3.63) is 113 Å². The number of anilines is 6. The first-order valence-electron chi connectivity index (χ1n) is 19.0. The van der Waals surface area contributed by atoms with Crippen LogP contribution in [0.25, 0.3) is 11.0 Å². The molecule has 0 bridgehead atoms. The van der Waals surface area contributed by atoms with Crippen molar-refractivity contribution >= 4 is 68.4 Å². The zero-order valence-electron chi connectivity index (χ0n) is 31.1. The van der Waals surface area contributed by atoms with E-state index < -0.39 is 0 Å². The van der Waals surface area contributed by atoms with E-state index in [1.807, 2.05) is 0 Å². The van der Waals surface area contributed by atoms with Gasteiger partial charge in [-0.15, -0.1) is 0 Å². The van der Waals surface area contributed by atoms with Crippen molar-refractivity contribution in [1.82, 2.24) is 0 Å². The Bertz CT molecular complexity index is 2500. The van der Waals surface area contributed by atoms with Crippen LogP contribution in [0.3, 0.4) is 0 Å². The number of fused-ring (bicyclic) bond motifs is 5. The van der Waals surface area contributed by atoms with Gasteiger partial charge < -0.3 is 13.7 Å². The minimum absolute atomic E-state index is 0.00918. The summed E-state index contributed by atoms with van der Waals surface area (Å²) in [5.41, 5.74) is 16.4. The number of furan rings is 2. The molecule has 0 spiro atoms. The third kappa shape index (κ3) is 3.53. The molecule has 2 aliphatic carbocycles. The van der Waals surface area contributed by atoms with Crippen molar-refractivity contribution in [2.24, 2.45) is 0 Å². The van der Waals surface area contributed by atoms with E-state index in [0.29, 0.717) is 0 Å². The van der Waals surface area contributed by atoms with Crippen LogP contribution >= 0.6 is 0 Å². The highest BCUT2D eigenvalue weighted by Crippen LogP contribution is 2.60. The molecule has 51 heavy (non-hydrogen) atoms. The lowest BCUT2D eigenvalue weighted by Gasteiger charge is -2.50. The van der Waals surface area contributed by atoms with Gasteiger partial charge >= 0.3 is 0 Å². The van der Waals surface area contributed by atoms with Crippen molar-refractivity contribution in [2.75, 3.05) is 9.80 Å². The summed E-state index contributed by atoms with van der Waals surface area (Å²) in [6.07, 6.45) is 4.35. The van der Waals surface area contributed by atoms with Crippen molar-refractivity contribution in [1.29, 1.82) is 0 Å². The molecule has 0 saturated heterocycles. The van der Waals surface area contributed by atoms with Gasteiger partial charge in [-0.25, -0.2) is 0 Å². The summed E-state index contributed by atoms with van der Waals surface area (Å²) in [5, 5.41) is 1.30. The fourth-order valence-electron chi connectivity index (χ4n) is 11.0. The lowest BCUT2D eigenvalue weighted by Crippen LogP contribution is -2.67. The molecule has 0 saturated carbocycles. The Labute approximate surface area is 301 Å². The van der Waals surface area contributed by atoms with E-state index in [4.69, 9.17) is 8.83 Å². The van der Waals surface area contributed by atoms with Crippen molar-refractivity contribution in [2.45, 2.75) is 103 Å². The molecule has 5 aliphatic rings. The van der Waals surface area contributed by atoms with Gasteiger partial charge in [-0.2, -0.15) is 0 Å². The molecule has 6 aromatic rings. The maximum absolute atomic E-state index is 7.44. The summed E-state index contributed by atoms with van der Waals surface area (Å²) in [5.74, 6) is 3.33. The molecule has 2 aromatic heterocycles. The lowest BCUT2D eigenvalue weighted by molar-refractivity contribution is 0.280. The molecule has 254 valence electrons. The fraction of sp³-hybridized carbons (Fsp3) is 0.348. The van der Waals surface area contributed by atoms with Crippen molar-refractivity contribution in [3.8, 4) is 0 Å². The Morgan fingerprint density at radius 1 is 0.549 bits per heavy atom. The number of hydrogen-bond acceptors (Lipinski definition) is 4. The maximum Gasteiger partial charge on any atom is 0.257 e. The van der Waals surface area contributed by atoms with E-state index in [2.05, 4.69) is 144 Å². The Hall–Kier alpha value is -4.64. The number of benzene rings is 4. The van der Waals surface area contributed by atoms with Crippen LogP contribution in [0.15, 0.2) is 87.7 Å². The molecule has 11 rings (SSSR count). The van der Waals surface area contributed by atoms with Crippen LogP contribution in [0.4, 0.5) is 34.3 Å². The van der Waals surface area contributed by atoms with E-state index >= 15 is 0 Å². The largest absolute Gasteiger partial charge is 0.460 e. The Balaban J connectivity index is 1.37. The topological polar surface area (TPSA) is 32.8 Å². The van der Waals surface area contributed by atoms with E-state index in [1.54, 1.807) is 0 Å². The average Bonchev–Trinajstić information content (AvgIpc) is 3.71. The molecular weight excluding hydrogens is 623 g/mol. The first kappa shape index (κ1) is 30.0. The molecule has 0 N–H and O–H groups in total. The zero-order chi connectivity index (χ0) is 35.0. The number of hydrogen-bond donors (Lipinski definition) is 0. The van der Waals surface area contributed by atoms with Gasteiger partial charge in [0.1, 0.15) is 17.1 Å². The summed E-state index contributed by atoms with van der Waals surface area (Å²) in [6, 6.07) is 29.3. The minimum atomic E-state index is -0.277. The molecule has 0 fully saturated rings. The van der Waals surface area contributed by atoms with Gasteiger partial charge in [0.05, 0.1) is 0 Å². The predicted octanol–water partition coefficient (Wildman–Crippen LogP) is 10.5. The summed E-state index contributed by atoms with van der Waals surface area (Å²) < 4.78 is 14.8. The first-order chi connectivity index (χ1) is 24.3. The monoisotopic (exact) mass is 668 g/mol. The van der Waals surface area contributed by atoms with Crippen LogP contribution in [0, 0.1) is 6.92 Å². The maximum atomic E-state index is 7.44. The SMILES string of the molecule is Cc1cc2c3c(c1)N(c1ccccc1)c1oc4c5c1B3c1c(cc3c6c(oc3c1C5(C)CCC4(C)C)C(C)(C)CCC6(C)C)N2c1ccccc1.